The molecule has 0 saturated carbocycles. The van der Waals surface area contributed by atoms with Crippen LogP contribution in [0.5, 0.6) is 0 Å². The molecule has 0 spiro atoms. The van der Waals surface area contributed by atoms with Crippen LogP contribution in [0.2, 0.25) is 5.02 Å². The van der Waals surface area contributed by atoms with Gasteiger partial charge in [-0.1, -0.05) is 39.3 Å². The van der Waals surface area contributed by atoms with Crippen LogP contribution in [-0.2, 0) is 4.79 Å². The Morgan fingerprint density at radius 1 is 1.23 bits per heavy atom. The molecule has 6 heteroatoms. The Morgan fingerprint density at radius 3 is 2.36 bits per heavy atom. The van der Waals surface area contributed by atoms with E-state index in [2.05, 4.69) is 10.6 Å². The largest absolute Gasteiger partial charge is 0.352 e. The number of hydrogen-bond donors (Lipinski definition) is 3. The molecule has 4 N–H and O–H groups in total. The van der Waals surface area contributed by atoms with Crippen molar-refractivity contribution >= 4 is 29.1 Å². The summed E-state index contributed by atoms with van der Waals surface area (Å²) in [6.07, 6.45) is 0. The standard InChI is InChI=1S/C16H24ClN3O2/c1-9(2)8-19-15(21)12-6-5-11(7-13(12)17)20-16(22)14(18)10(3)4/h5-7,9-10,14H,8,18H2,1-4H3,(H,19,21)(H,20,22)/t14-/m0/s1. The Kier molecular flexibility index (Phi) is 6.84. The second kappa shape index (κ2) is 8.15. The maximum absolute atomic E-state index is 12.0. The molecule has 1 atom stereocenters. The Labute approximate surface area is 136 Å². The van der Waals surface area contributed by atoms with Gasteiger partial charge in [-0.05, 0) is 30.0 Å². The van der Waals surface area contributed by atoms with Gasteiger partial charge in [-0.3, -0.25) is 9.59 Å². The molecule has 0 aliphatic rings. The number of rotatable bonds is 6. The number of carbonyl (C=O) groups is 2. The van der Waals surface area contributed by atoms with E-state index in [0.29, 0.717) is 23.7 Å². The van der Waals surface area contributed by atoms with Crippen molar-refractivity contribution in [1.82, 2.24) is 5.32 Å². The fraction of sp³-hybridized carbons (Fsp3) is 0.500. The molecule has 22 heavy (non-hydrogen) atoms. The van der Waals surface area contributed by atoms with Crippen molar-refractivity contribution in [3.8, 4) is 0 Å². The summed E-state index contributed by atoms with van der Waals surface area (Å²) in [7, 11) is 0. The first-order chi connectivity index (χ1) is 10.2. The third-order valence-corrected chi connectivity index (χ3v) is 3.49. The first kappa shape index (κ1) is 18.5. The third kappa shape index (κ3) is 5.31. The number of benzene rings is 1. The second-order valence-corrected chi connectivity index (χ2v) is 6.46. The van der Waals surface area contributed by atoms with Crippen molar-refractivity contribution in [2.45, 2.75) is 33.7 Å². The van der Waals surface area contributed by atoms with Gasteiger partial charge < -0.3 is 16.4 Å². The predicted molar refractivity (Wildman–Crippen MR) is 90.1 cm³/mol. The van der Waals surface area contributed by atoms with Crippen LogP contribution < -0.4 is 16.4 Å². The van der Waals surface area contributed by atoms with E-state index in [1.807, 2.05) is 27.7 Å². The van der Waals surface area contributed by atoms with Gasteiger partial charge in [-0.2, -0.15) is 0 Å². The lowest BCUT2D eigenvalue weighted by atomic mass is 10.0. The zero-order valence-electron chi connectivity index (χ0n) is 13.4. The number of nitrogens with two attached hydrogens (primary N) is 1. The van der Waals surface area contributed by atoms with Crippen molar-refractivity contribution in [3.63, 3.8) is 0 Å². The maximum atomic E-state index is 12.0. The molecular formula is C16H24ClN3O2. The number of hydrogen-bond acceptors (Lipinski definition) is 3. The van der Waals surface area contributed by atoms with Gasteiger partial charge in [0.2, 0.25) is 5.91 Å². The van der Waals surface area contributed by atoms with E-state index < -0.39 is 6.04 Å². The van der Waals surface area contributed by atoms with Gasteiger partial charge in [0.1, 0.15) is 0 Å². The van der Waals surface area contributed by atoms with Gasteiger partial charge in [0, 0.05) is 12.2 Å². The van der Waals surface area contributed by atoms with Crippen LogP contribution in [-0.4, -0.2) is 24.4 Å². The number of nitrogens with one attached hydrogen (secondary N) is 2. The van der Waals surface area contributed by atoms with E-state index in [0.717, 1.165) is 0 Å². The van der Waals surface area contributed by atoms with E-state index in [1.54, 1.807) is 18.2 Å². The molecule has 0 saturated heterocycles. The number of halogens is 1. The van der Waals surface area contributed by atoms with Crippen molar-refractivity contribution < 1.29 is 9.59 Å². The molecule has 0 bridgehead atoms. The summed E-state index contributed by atoms with van der Waals surface area (Å²) in [6, 6.07) is 4.19. The van der Waals surface area contributed by atoms with Gasteiger partial charge in [0.05, 0.1) is 16.6 Å². The van der Waals surface area contributed by atoms with Crippen molar-refractivity contribution in [2.75, 3.05) is 11.9 Å². The Morgan fingerprint density at radius 2 is 1.86 bits per heavy atom. The minimum absolute atomic E-state index is 0.0385. The van der Waals surface area contributed by atoms with Crippen molar-refractivity contribution in [2.24, 2.45) is 17.6 Å². The van der Waals surface area contributed by atoms with Gasteiger partial charge in [0.15, 0.2) is 0 Å². The minimum atomic E-state index is -0.590. The summed E-state index contributed by atoms with van der Waals surface area (Å²) < 4.78 is 0. The minimum Gasteiger partial charge on any atom is -0.352 e. The monoisotopic (exact) mass is 325 g/mol. The van der Waals surface area contributed by atoms with Crippen LogP contribution in [0.3, 0.4) is 0 Å². The summed E-state index contributed by atoms with van der Waals surface area (Å²) in [5.41, 5.74) is 6.69. The highest BCUT2D eigenvalue weighted by Crippen LogP contribution is 2.21. The number of anilines is 1. The van der Waals surface area contributed by atoms with Gasteiger partial charge in [-0.15, -0.1) is 0 Å². The van der Waals surface area contributed by atoms with E-state index in [-0.39, 0.29) is 22.8 Å². The summed E-state index contributed by atoms with van der Waals surface area (Å²) in [5.74, 6) is -0.103. The number of carbonyl (C=O) groups excluding carboxylic acids is 2. The van der Waals surface area contributed by atoms with E-state index >= 15 is 0 Å². The van der Waals surface area contributed by atoms with Crippen LogP contribution >= 0.6 is 11.6 Å². The molecule has 0 radical (unpaired) electrons. The van der Waals surface area contributed by atoms with Crippen LogP contribution in [0.4, 0.5) is 5.69 Å². The summed E-state index contributed by atoms with van der Waals surface area (Å²) in [5, 5.41) is 5.79. The SMILES string of the molecule is CC(C)CNC(=O)c1ccc(NC(=O)[C@@H](N)C(C)C)cc1Cl. The molecule has 0 aliphatic heterocycles. The highest BCUT2D eigenvalue weighted by Gasteiger charge is 2.18. The van der Waals surface area contributed by atoms with E-state index in [1.165, 1.54) is 0 Å². The zero-order valence-corrected chi connectivity index (χ0v) is 14.2. The van der Waals surface area contributed by atoms with Gasteiger partial charge in [-0.25, -0.2) is 0 Å². The summed E-state index contributed by atoms with van der Waals surface area (Å²) >= 11 is 6.12. The average Bonchev–Trinajstić information content (AvgIpc) is 2.43. The lowest BCUT2D eigenvalue weighted by molar-refractivity contribution is -0.118. The predicted octanol–water partition coefficient (Wildman–Crippen LogP) is 2.65. The molecule has 0 aromatic heterocycles. The van der Waals surface area contributed by atoms with Crippen molar-refractivity contribution in [1.29, 1.82) is 0 Å². The molecular weight excluding hydrogens is 302 g/mol. The lowest BCUT2D eigenvalue weighted by Gasteiger charge is -2.16. The van der Waals surface area contributed by atoms with Crippen LogP contribution in [0.25, 0.3) is 0 Å². The van der Waals surface area contributed by atoms with E-state index in [9.17, 15) is 9.59 Å². The Hall–Kier alpha value is -1.59. The second-order valence-electron chi connectivity index (χ2n) is 6.06. The normalized spacial score (nSPS) is 12.4. The third-order valence-electron chi connectivity index (χ3n) is 3.17. The Balaban J connectivity index is 2.77. The molecule has 0 unspecified atom stereocenters. The van der Waals surface area contributed by atoms with Crippen LogP contribution in [0.1, 0.15) is 38.1 Å². The quantitative estimate of drug-likeness (QED) is 0.751. The first-order valence-electron chi connectivity index (χ1n) is 7.36. The summed E-state index contributed by atoms with van der Waals surface area (Å²) in [6.45, 7) is 8.35. The van der Waals surface area contributed by atoms with Crippen LogP contribution in [0.15, 0.2) is 18.2 Å². The molecule has 1 aromatic rings. The molecule has 122 valence electrons. The average molecular weight is 326 g/mol. The molecule has 5 nitrogen and oxygen atoms in total. The molecule has 0 heterocycles. The van der Waals surface area contributed by atoms with Crippen LogP contribution in [0, 0.1) is 11.8 Å². The topological polar surface area (TPSA) is 84.2 Å². The smallest absolute Gasteiger partial charge is 0.252 e. The molecule has 2 amide bonds. The highest BCUT2D eigenvalue weighted by molar-refractivity contribution is 6.34. The lowest BCUT2D eigenvalue weighted by Crippen LogP contribution is -2.39. The van der Waals surface area contributed by atoms with Crippen molar-refractivity contribution in [3.05, 3.63) is 28.8 Å². The summed E-state index contributed by atoms with van der Waals surface area (Å²) in [4.78, 5) is 23.9. The Bertz CT molecular complexity index is 544. The fourth-order valence-corrected chi connectivity index (χ4v) is 1.96. The number of amides is 2. The first-order valence-corrected chi connectivity index (χ1v) is 7.74. The van der Waals surface area contributed by atoms with Gasteiger partial charge >= 0.3 is 0 Å². The van der Waals surface area contributed by atoms with Gasteiger partial charge in [0.25, 0.3) is 5.91 Å². The molecule has 0 aliphatic carbocycles. The fourth-order valence-electron chi connectivity index (χ4n) is 1.70. The van der Waals surface area contributed by atoms with E-state index in [4.69, 9.17) is 17.3 Å². The molecule has 0 fully saturated rings. The molecule has 1 rings (SSSR count). The highest BCUT2D eigenvalue weighted by atomic mass is 35.5. The molecule has 1 aromatic carbocycles. The zero-order chi connectivity index (χ0) is 16.9. The maximum Gasteiger partial charge on any atom is 0.252 e.